The maximum absolute atomic E-state index is 12.9. The number of carbonyl (C=O) groups excluding carboxylic acids is 3. The number of ether oxygens (including phenoxy) is 1. The van der Waals surface area contributed by atoms with Crippen LogP contribution in [0.25, 0.3) is 11.7 Å². The predicted molar refractivity (Wildman–Crippen MR) is 168 cm³/mol. The van der Waals surface area contributed by atoms with Crippen LogP contribution in [-0.4, -0.2) is 47.8 Å². The van der Waals surface area contributed by atoms with Gasteiger partial charge in [0.15, 0.2) is 11.4 Å². The van der Waals surface area contributed by atoms with E-state index in [1.54, 1.807) is 79.2 Å². The van der Waals surface area contributed by atoms with Gasteiger partial charge in [0, 0.05) is 36.8 Å². The van der Waals surface area contributed by atoms with E-state index in [1.165, 1.54) is 25.0 Å². The van der Waals surface area contributed by atoms with Gasteiger partial charge >= 0.3 is 0 Å². The molecule has 3 amide bonds. The highest BCUT2D eigenvalue weighted by Crippen LogP contribution is 2.35. The number of hydroxylamine groups is 1. The molecule has 0 fully saturated rings. The van der Waals surface area contributed by atoms with Gasteiger partial charge in [0.1, 0.15) is 11.8 Å². The smallest absolute Gasteiger partial charge is 0.247 e. The fourth-order valence-electron chi connectivity index (χ4n) is 4.15. The predicted octanol–water partition coefficient (Wildman–Crippen LogP) is 5.89. The Balaban J connectivity index is 1.37. The summed E-state index contributed by atoms with van der Waals surface area (Å²) in [4.78, 5) is 47.7. The highest BCUT2D eigenvalue weighted by molar-refractivity contribution is 6.38. The van der Waals surface area contributed by atoms with Crippen LogP contribution in [0.5, 0.6) is 5.75 Å². The van der Waals surface area contributed by atoms with Crippen molar-refractivity contribution in [2.75, 3.05) is 30.7 Å². The Kier molecular flexibility index (Phi) is 10.3. The first-order valence-corrected chi connectivity index (χ1v) is 14.0. The number of likely N-dealkylation sites (N-methyl/N-ethyl adjacent to an activating group) is 1. The van der Waals surface area contributed by atoms with Crippen LogP contribution in [0, 0.1) is 6.92 Å². The summed E-state index contributed by atoms with van der Waals surface area (Å²) < 4.78 is 7.72. The standard InChI is InChI=1S/C30H28Cl3N5O5/c1-18-29(33)37-15-5-6-25(30(37)35-18)43-17-22-23(31)12-13-24(28(22)32)36(3)27(41)16-34-26(40)14-9-20-7-10-21(11-8-20)38(42-4)19(2)39/h5-15H,16-17H2,1-4H3,(H,34,40). The maximum Gasteiger partial charge on any atom is 0.247 e. The van der Waals surface area contributed by atoms with Gasteiger partial charge in [-0.1, -0.05) is 46.9 Å². The highest BCUT2D eigenvalue weighted by atomic mass is 35.5. The van der Waals surface area contributed by atoms with Crippen LogP contribution in [-0.2, 0) is 25.8 Å². The van der Waals surface area contributed by atoms with Crippen molar-refractivity contribution in [2.45, 2.75) is 20.5 Å². The van der Waals surface area contributed by atoms with E-state index in [2.05, 4.69) is 10.3 Å². The lowest BCUT2D eigenvalue weighted by molar-refractivity contribution is -0.122. The molecule has 0 saturated heterocycles. The molecule has 13 heteroatoms. The summed E-state index contributed by atoms with van der Waals surface area (Å²) in [7, 11) is 2.95. The van der Waals surface area contributed by atoms with Crippen LogP contribution in [0.1, 0.15) is 23.7 Å². The molecule has 10 nitrogen and oxygen atoms in total. The van der Waals surface area contributed by atoms with E-state index in [1.807, 2.05) is 0 Å². The van der Waals surface area contributed by atoms with Crippen molar-refractivity contribution in [1.29, 1.82) is 0 Å². The molecule has 2 heterocycles. The summed E-state index contributed by atoms with van der Waals surface area (Å²) in [6.45, 7) is 2.93. The summed E-state index contributed by atoms with van der Waals surface area (Å²) in [5.74, 6) is -0.654. The first kappa shape index (κ1) is 31.8. The van der Waals surface area contributed by atoms with Gasteiger partial charge in [0.05, 0.1) is 35.7 Å². The van der Waals surface area contributed by atoms with Crippen LogP contribution in [0.3, 0.4) is 0 Å². The highest BCUT2D eigenvalue weighted by Gasteiger charge is 2.20. The zero-order valence-electron chi connectivity index (χ0n) is 23.7. The number of benzene rings is 2. The summed E-state index contributed by atoms with van der Waals surface area (Å²) in [6, 6.07) is 13.6. The molecule has 0 aliphatic heterocycles. The van der Waals surface area contributed by atoms with Gasteiger partial charge in [-0.2, -0.15) is 5.06 Å². The summed E-state index contributed by atoms with van der Waals surface area (Å²) in [5, 5.41) is 4.80. The van der Waals surface area contributed by atoms with Gasteiger partial charge in [0.25, 0.3) is 0 Å². The van der Waals surface area contributed by atoms with Crippen molar-refractivity contribution < 1.29 is 24.0 Å². The number of amides is 3. The second-order valence-electron chi connectivity index (χ2n) is 9.29. The number of carbonyl (C=O) groups is 3. The third kappa shape index (κ3) is 7.29. The number of anilines is 2. The van der Waals surface area contributed by atoms with Gasteiger partial charge < -0.3 is 15.0 Å². The lowest BCUT2D eigenvalue weighted by Crippen LogP contribution is -2.37. The van der Waals surface area contributed by atoms with Crippen molar-refractivity contribution in [3.63, 3.8) is 0 Å². The molecule has 4 aromatic rings. The van der Waals surface area contributed by atoms with E-state index in [0.29, 0.717) is 49.8 Å². The molecular weight excluding hydrogens is 617 g/mol. The van der Waals surface area contributed by atoms with E-state index < -0.39 is 11.8 Å². The molecule has 43 heavy (non-hydrogen) atoms. The number of rotatable bonds is 10. The molecule has 2 aromatic heterocycles. The number of aromatic nitrogens is 2. The lowest BCUT2D eigenvalue weighted by atomic mass is 10.2. The van der Waals surface area contributed by atoms with Crippen LogP contribution in [0.15, 0.2) is 60.8 Å². The molecule has 224 valence electrons. The van der Waals surface area contributed by atoms with Crippen LogP contribution < -0.4 is 20.0 Å². The number of nitrogens with one attached hydrogen (secondary N) is 1. The minimum atomic E-state index is -0.465. The number of halogens is 3. The largest absolute Gasteiger partial charge is 0.485 e. The van der Waals surface area contributed by atoms with Crippen molar-refractivity contribution in [2.24, 2.45) is 0 Å². The van der Waals surface area contributed by atoms with Crippen LogP contribution in [0.4, 0.5) is 11.4 Å². The van der Waals surface area contributed by atoms with Gasteiger partial charge in [-0.05, 0) is 55.0 Å². The number of imidazole rings is 1. The van der Waals surface area contributed by atoms with E-state index in [4.69, 9.17) is 44.4 Å². The molecular formula is C30H28Cl3N5O5. The minimum absolute atomic E-state index is 0.0114. The van der Waals surface area contributed by atoms with Gasteiger partial charge in [-0.3, -0.25) is 23.6 Å². The molecule has 2 aromatic carbocycles. The minimum Gasteiger partial charge on any atom is -0.485 e. The second kappa shape index (κ2) is 13.9. The summed E-state index contributed by atoms with van der Waals surface area (Å²) in [5.41, 5.74) is 3.36. The van der Waals surface area contributed by atoms with Gasteiger partial charge in [-0.15, -0.1) is 0 Å². The SMILES string of the molecule is CON(C(C)=O)c1ccc(C=CC(=O)NCC(=O)N(C)c2ccc(Cl)c(COc3cccn4c(Cl)c(C)nc34)c2Cl)cc1. The van der Waals surface area contributed by atoms with E-state index in [9.17, 15) is 14.4 Å². The Hall–Kier alpha value is -4.09. The number of hydrogen-bond donors (Lipinski definition) is 1. The number of nitrogens with zero attached hydrogens (tertiary/aromatic N) is 4. The molecule has 0 atom stereocenters. The van der Waals surface area contributed by atoms with Gasteiger partial charge in [0.2, 0.25) is 17.7 Å². The summed E-state index contributed by atoms with van der Waals surface area (Å²) in [6.07, 6.45) is 4.67. The second-order valence-corrected chi connectivity index (χ2v) is 10.4. The average Bonchev–Trinajstić information content (AvgIpc) is 3.28. The Morgan fingerprint density at radius 3 is 2.47 bits per heavy atom. The quantitative estimate of drug-likeness (QED) is 0.171. The normalized spacial score (nSPS) is 11.1. The van der Waals surface area contributed by atoms with E-state index in [0.717, 1.165) is 5.06 Å². The third-order valence-corrected chi connectivity index (χ3v) is 7.66. The molecule has 0 saturated carbocycles. The van der Waals surface area contributed by atoms with Gasteiger partial charge in [-0.25, -0.2) is 4.98 Å². The average molecular weight is 645 g/mol. The van der Waals surface area contributed by atoms with Crippen molar-refractivity contribution in [3.05, 3.63) is 92.8 Å². The van der Waals surface area contributed by atoms with Crippen LogP contribution >= 0.6 is 34.8 Å². The number of pyridine rings is 1. The summed E-state index contributed by atoms with van der Waals surface area (Å²) >= 11 is 19.4. The molecule has 4 rings (SSSR count). The fraction of sp³-hybridized carbons (Fsp3) is 0.200. The lowest BCUT2D eigenvalue weighted by Gasteiger charge is -2.21. The van der Waals surface area contributed by atoms with Crippen molar-refractivity contribution in [3.8, 4) is 5.75 Å². The van der Waals surface area contributed by atoms with Crippen molar-refractivity contribution >= 4 is 75.6 Å². The Morgan fingerprint density at radius 2 is 1.79 bits per heavy atom. The first-order chi connectivity index (χ1) is 20.5. The van der Waals surface area contributed by atoms with E-state index in [-0.39, 0.29) is 24.1 Å². The molecule has 0 radical (unpaired) electrons. The monoisotopic (exact) mass is 643 g/mol. The first-order valence-electron chi connectivity index (χ1n) is 12.9. The zero-order chi connectivity index (χ0) is 31.3. The fourth-order valence-corrected chi connectivity index (χ4v) is 4.93. The maximum atomic E-state index is 12.9. The van der Waals surface area contributed by atoms with E-state index >= 15 is 0 Å². The Labute approximate surface area is 263 Å². The molecule has 0 unspecified atom stereocenters. The Bertz CT molecular complexity index is 1700. The molecule has 0 bridgehead atoms. The van der Waals surface area contributed by atoms with Crippen molar-refractivity contribution in [1.82, 2.24) is 14.7 Å². The molecule has 1 N–H and O–H groups in total. The Morgan fingerprint density at radius 1 is 1.07 bits per heavy atom. The third-order valence-electron chi connectivity index (χ3n) is 6.43. The number of fused-ring (bicyclic) bond motifs is 1. The molecule has 0 aliphatic carbocycles. The topological polar surface area (TPSA) is 105 Å². The van der Waals surface area contributed by atoms with Crippen LogP contribution in [0.2, 0.25) is 15.2 Å². The number of aryl methyl sites for hydroxylation is 1. The molecule has 0 spiro atoms. The zero-order valence-corrected chi connectivity index (χ0v) is 26.0. The number of hydrogen-bond acceptors (Lipinski definition) is 6. The molecule has 0 aliphatic rings.